The Bertz CT molecular complexity index is 344. The molecule has 0 aromatic carbocycles. The maximum Gasteiger partial charge on any atom is -0.0414 e. The van der Waals surface area contributed by atoms with Crippen LogP contribution in [0.15, 0.2) is 0 Å². The van der Waals surface area contributed by atoms with Gasteiger partial charge < -0.3 is 0 Å². The highest BCUT2D eigenvalue weighted by molar-refractivity contribution is 4.64. The van der Waals surface area contributed by atoms with Gasteiger partial charge in [0, 0.05) is 0 Å². The van der Waals surface area contributed by atoms with Gasteiger partial charge in [-0.25, -0.2) is 0 Å². The van der Waals surface area contributed by atoms with Crippen LogP contribution in [0.5, 0.6) is 0 Å². The van der Waals surface area contributed by atoms with Gasteiger partial charge in [-0.2, -0.15) is 0 Å². The van der Waals surface area contributed by atoms with Crippen LogP contribution in [0.3, 0.4) is 0 Å². The minimum Gasteiger partial charge on any atom is -0.0654 e. The zero-order valence-electron chi connectivity index (χ0n) is 24.4. The van der Waals surface area contributed by atoms with Crippen LogP contribution < -0.4 is 0 Å². The van der Waals surface area contributed by atoms with Gasteiger partial charge in [0.25, 0.3) is 0 Å². The molecule has 0 aromatic rings. The van der Waals surface area contributed by atoms with Crippen molar-refractivity contribution in [2.75, 3.05) is 0 Å². The predicted molar refractivity (Wildman–Crippen MR) is 154 cm³/mol. The topological polar surface area (TPSA) is 0 Å². The van der Waals surface area contributed by atoms with E-state index in [1.165, 1.54) is 161 Å². The Hall–Kier alpha value is 0. The molecule has 0 N–H and O–H groups in total. The lowest BCUT2D eigenvalue weighted by molar-refractivity contribution is 0.330. The second-order valence-electron chi connectivity index (χ2n) is 12.1. The number of hydrogen-bond acceptors (Lipinski definition) is 0. The lowest BCUT2D eigenvalue weighted by Gasteiger charge is -2.20. The van der Waals surface area contributed by atoms with Gasteiger partial charge >= 0.3 is 0 Å². The number of hydrogen-bond donors (Lipinski definition) is 0. The fourth-order valence-electron chi connectivity index (χ4n) is 5.80. The Labute approximate surface area is 212 Å². The van der Waals surface area contributed by atoms with Gasteiger partial charge in [-0.15, -0.1) is 0 Å². The summed E-state index contributed by atoms with van der Waals surface area (Å²) in [5.74, 6) is 2.80. The largest absolute Gasteiger partial charge is 0.0654 e. The highest BCUT2D eigenvalue weighted by atomic mass is 14.2. The van der Waals surface area contributed by atoms with Gasteiger partial charge in [0.1, 0.15) is 0 Å². The van der Waals surface area contributed by atoms with Crippen LogP contribution in [0.25, 0.3) is 0 Å². The quantitative estimate of drug-likeness (QED) is 0.106. The molecule has 0 amide bonds. The van der Waals surface area contributed by atoms with E-state index < -0.39 is 0 Å². The van der Waals surface area contributed by atoms with Crippen LogP contribution in [-0.4, -0.2) is 0 Å². The molecule has 0 bridgehead atoms. The Morgan fingerprint density at radius 1 is 0.364 bits per heavy atom. The summed E-state index contributed by atoms with van der Waals surface area (Å²) in [6.45, 7) is 11.9. The molecule has 0 spiro atoms. The average Bonchev–Trinajstić information content (AvgIpc) is 2.78. The van der Waals surface area contributed by atoms with Gasteiger partial charge in [0.2, 0.25) is 0 Å². The SMILES string of the molecule is CCCCCCCCCCCCCCCCCCCCCC(CCC)CCC(C)CC(C)C. The first-order valence-electron chi connectivity index (χ1n) is 16.1. The molecule has 200 valence electrons. The van der Waals surface area contributed by atoms with Gasteiger partial charge in [-0.3, -0.25) is 0 Å². The molecule has 0 aromatic heterocycles. The van der Waals surface area contributed by atoms with E-state index in [0.717, 1.165) is 17.8 Å². The molecule has 2 unspecified atom stereocenters. The Kier molecular flexibility index (Phi) is 26.6. The molecule has 0 aliphatic heterocycles. The summed E-state index contributed by atoms with van der Waals surface area (Å²) < 4.78 is 0. The minimum atomic E-state index is 0.865. The maximum atomic E-state index is 2.47. The Morgan fingerprint density at radius 2 is 0.758 bits per heavy atom. The van der Waals surface area contributed by atoms with Gasteiger partial charge in [0.15, 0.2) is 0 Å². The van der Waals surface area contributed by atoms with Gasteiger partial charge in [0.05, 0.1) is 0 Å². The van der Waals surface area contributed by atoms with E-state index in [9.17, 15) is 0 Å². The summed E-state index contributed by atoms with van der Waals surface area (Å²) in [5, 5.41) is 0. The molecule has 0 radical (unpaired) electrons. The predicted octanol–water partition coefficient (Wildman–Crippen LogP) is 12.7. The average molecular weight is 465 g/mol. The van der Waals surface area contributed by atoms with Crippen molar-refractivity contribution in [3.8, 4) is 0 Å². The van der Waals surface area contributed by atoms with Crippen molar-refractivity contribution in [2.24, 2.45) is 17.8 Å². The summed E-state index contributed by atoms with van der Waals surface area (Å²) in [5.41, 5.74) is 0. The Morgan fingerprint density at radius 3 is 1.12 bits per heavy atom. The van der Waals surface area contributed by atoms with E-state index in [1.807, 2.05) is 0 Å². The Balaban J connectivity index is 3.35. The lowest BCUT2D eigenvalue weighted by Crippen LogP contribution is -2.06. The third-order valence-electron chi connectivity index (χ3n) is 7.85. The van der Waals surface area contributed by atoms with Crippen molar-refractivity contribution in [2.45, 2.75) is 195 Å². The first-order chi connectivity index (χ1) is 16.1. The van der Waals surface area contributed by atoms with Gasteiger partial charge in [-0.05, 0) is 24.2 Å². The summed E-state index contributed by atoms with van der Waals surface area (Å²) in [4.78, 5) is 0. The highest BCUT2D eigenvalue weighted by Crippen LogP contribution is 2.26. The minimum absolute atomic E-state index is 0.865. The second-order valence-corrected chi connectivity index (χ2v) is 12.1. The maximum absolute atomic E-state index is 2.47. The molecule has 0 aliphatic rings. The zero-order chi connectivity index (χ0) is 24.4. The smallest absolute Gasteiger partial charge is 0.0414 e. The molecule has 0 fully saturated rings. The van der Waals surface area contributed by atoms with Crippen LogP contribution in [0.1, 0.15) is 195 Å². The molecule has 0 saturated carbocycles. The monoisotopic (exact) mass is 465 g/mol. The van der Waals surface area contributed by atoms with E-state index in [1.54, 1.807) is 0 Å². The number of rotatable bonds is 27. The fraction of sp³-hybridized carbons (Fsp3) is 1.00. The van der Waals surface area contributed by atoms with Crippen molar-refractivity contribution in [1.82, 2.24) is 0 Å². The normalized spacial score (nSPS) is 13.6. The summed E-state index contributed by atoms with van der Waals surface area (Å²) in [6.07, 6.45) is 36.8. The zero-order valence-corrected chi connectivity index (χ0v) is 24.4. The van der Waals surface area contributed by atoms with Crippen LogP contribution in [-0.2, 0) is 0 Å². The lowest BCUT2D eigenvalue weighted by atomic mass is 9.86. The molecule has 2 atom stereocenters. The molecule has 33 heavy (non-hydrogen) atoms. The molecule has 0 heteroatoms. The van der Waals surface area contributed by atoms with Crippen molar-refractivity contribution in [3.05, 3.63) is 0 Å². The highest BCUT2D eigenvalue weighted by Gasteiger charge is 2.11. The van der Waals surface area contributed by atoms with E-state index in [4.69, 9.17) is 0 Å². The van der Waals surface area contributed by atoms with Crippen LogP contribution in [0, 0.1) is 17.8 Å². The van der Waals surface area contributed by atoms with Crippen molar-refractivity contribution >= 4 is 0 Å². The third-order valence-corrected chi connectivity index (χ3v) is 7.85. The van der Waals surface area contributed by atoms with E-state index in [2.05, 4.69) is 34.6 Å². The molecule has 0 rings (SSSR count). The van der Waals surface area contributed by atoms with Crippen molar-refractivity contribution in [1.29, 1.82) is 0 Å². The molecule has 0 aliphatic carbocycles. The van der Waals surface area contributed by atoms with E-state index in [-0.39, 0.29) is 0 Å². The fourth-order valence-corrected chi connectivity index (χ4v) is 5.80. The first-order valence-corrected chi connectivity index (χ1v) is 16.1. The van der Waals surface area contributed by atoms with E-state index >= 15 is 0 Å². The first kappa shape index (κ1) is 33.0. The van der Waals surface area contributed by atoms with Crippen molar-refractivity contribution < 1.29 is 0 Å². The molecule has 0 nitrogen and oxygen atoms in total. The van der Waals surface area contributed by atoms with Crippen molar-refractivity contribution in [3.63, 3.8) is 0 Å². The van der Waals surface area contributed by atoms with E-state index in [0.29, 0.717) is 0 Å². The van der Waals surface area contributed by atoms with Gasteiger partial charge in [-0.1, -0.05) is 189 Å². The summed E-state index contributed by atoms with van der Waals surface area (Å²) in [7, 11) is 0. The van der Waals surface area contributed by atoms with Crippen LogP contribution in [0.4, 0.5) is 0 Å². The molecule has 0 saturated heterocycles. The number of unbranched alkanes of at least 4 members (excludes halogenated alkanes) is 18. The molecule has 0 heterocycles. The third kappa shape index (κ3) is 26.4. The molecular weight excluding hydrogens is 396 g/mol. The summed E-state index contributed by atoms with van der Waals surface area (Å²) >= 11 is 0. The van der Waals surface area contributed by atoms with Crippen LogP contribution in [0.2, 0.25) is 0 Å². The summed E-state index contributed by atoms with van der Waals surface area (Å²) in [6, 6.07) is 0. The standard InChI is InChI=1S/C33H68/c1-6-8-9-10-11-12-13-14-15-16-17-18-19-20-21-22-23-24-25-27-33(26-7-2)29-28-32(5)30-31(3)4/h31-33H,6-30H2,1-5H3. The molecular formula is C33H68. The van der Waals surface area contributed by atoms with Crippen LogP contribution >= 0.6 is 0 Å². The second kappa shape index (κ2) is 26.6.